The van der Waals surface area contributed by atoms with E-state index in [2.05, 4.69) is 17.4 Å². The topological polar surface area (TPSA) is 66.4 Å². The Morgan fingerprint density at radius 2 is 2.00 bits per heavy atom. The third-order valence-corrected chi connectivity index (χ3v) is 4.05. The first-order valence-electron chi connectivity index (χ1n) is 6.99. The van der Waals surface area contributed by atoms with Gasteiger partial charge in [0, 0.05) is 13.0 Å². The molecule has 0 heterocycles. The summed E-state index contributed by atoms with van der Waals surface area (Å²) in [5, 5.41) is 11.8. The molecule has 1 fully saturated rings. The highest BCUT2D eigenvalue weighted by Gasteiger charge is 2.50. The number of aliphatic carboxylic acids is 1. The van der Waals surface area contributed by atoms with E-state index in [4.69, 9.17) is 5.11 Å². The molecule has 0 aromatic heterocycles. The van der Waals surface area contributed by atoms with Crippen LogP contribution in [0.3, 0.4) is 0 Å². The van der Waals surface area contributed by atoms with Crippen molar-refractivity contribution in [3.8, 4) is 0 Å². The molecule has 1 aliphatic carbocycles. The number of rotatable bonds is 6. The number of carboxylic acids is 1. The molecule has 0 aliphatic heterocycles. The molecule has 0 saturated heterocycles. The Kier molecular flexibility index (Phi) is 4.12. The summed E-state index contributed by atoms with van der Waals surface area (Å²) >= 11 is 0. The molecule has 1 aliphatic rings. The highest BCUT2D eigenvalue weighted by molar-refractivity contribution is 5.81. The lowest BCUT2D eigenvalue weighted by molar-refractivity contribution is -0.143. The number of aryl methyl sites for hydroxylation is 3. The second-order valence-corrected chi connectivity index (χ2v) is 5.79. The number of hydrogen-bond donors (Lipinski definition) is 2. The Labute approximate surface area is 119 Å². The lowest BCUT2D eigenvalue weighted by atomic mass is 10.0. The van der Waals surface area contributed by atoms with Gasteiger partial charge in [0.15, 0.2) is 0 Å². The van der Waals surface area contributed by atoms with Crippen molar-refractivity contribution in [3.63, 3.8) is 0 Å². The van der Waals surface area contributed by atoms with Gasteiger partial charge in [-0.1, -0.05) is 23.8 Å². The Morgan fingerprint density at radius 3 is 2.55 bits per heavy atom. The fraction of sp³-hybridized carbons (Fsp3) is 0.500. The fourth-order valence-electron chi connectivity index (χ4n) is 2.35. The molecule has 4 heteroatoms. The van der Waals surface area contributed by atoms with Crippen LogP contribution in [0.5, 0.6) is 0 Å². The maximum absolute atomic E-state index is 11.8. The molecule has 4 nitrogen and oxygen atoms in total. The third-order valence-electron chi connectivity index (χ3n) is 4.05. The Morgan fingerprint density at radius 1 is 1.30 bits per heavy atom. The molecule has 1 amide bonds. The van der Waals surface area contributed by atoms with Crippen molar-refractivity contribution in [2.75, 3.05) is 6.54 Å². The summed E-state index contributed by atoms with van der Waals surface area (Å²) < 4.78 is 0. The third kappa shape index (κ3) is 3.38. The van der Waals surface area contributed by atoms with Crippen LogP contribution in [0.15, 0.2) is 18.2 Å². The molecule has 0 unspecified atom stereocenters. The normalized spacial score (nSPS) is 15.7. The van der Waals surface area contributed by atoms with Crippen LogP contribution >= 0.6 is 0 Å². The Hall–Kier alpha value is -1.84. The van der Waals surface area contributed by atoms with Crippen LogP contribution in [-0.2, 0) is 16.0 Å². The molecule has 1 aromatic carbocycles. The Bertz CT molecular complexity index is 533. The van der Waals surface area contributed by atoms with Gasteiger partial charge in [0.25, 0.3) is 0 Å². The average molecular weight is 275 g/mol. The van der Waals surface area contributed by atoms with E-state index in [-0.39, 0.29) is 12.5 Å². The zero-order valence-electron chi connectivity index (χ0n) is 12.0. The molecule has 0 bridgehead atoms. The van der Waals surface area contributed by atoms with E-state index in [1.165, 1.54) is 16.7 Å². The van der Waals surface area contributed by atoms with E-state index in [1.54, 1.807) is 0 Å². The minimum Gasteiger partial charge on any atom is -0.481 e. The van der Waals surface area contributed by atoms with E-state index in [0.717, 1.165) is 0 Å². The number of carboxylic acid groups (broad SMARTS) is 1. The van der Waals surface area contributed by atoms with Crippen molar-refractivity contribution >= 4 is 11.9 Å². The molecule has 0 spiro atoms. The monoisotopic (exact) mass is 275 g/mol. The number of carbonyl (C=O) groups excluding carboxylic acids is 1. The van der Waals surface area contributed by atoms with Crippen molar-refractivity contribution in [2.24, 2.45) is 5.41 Å². The standard InChI is InChI=1S/C16H21NO3/c1-11-3-4-13(12(2)9-11)5-6-14(18)17-10-16(7-8-16)15(19)20/h3-4,9H,5-8,10H2,1-2H3,(H,17,18)(H,19,20). The smallest absolute Gasteiger partial charge is 0.311 e. The predicted octanol–water partition coefficient (Wildman–Crippen LogP) is 2.22. The van der Waals surface area contributed by atoms with Crippen LogP contribution in [0.4, 0.5) is 0 Å². The van der Waals surface area contributed by atoms with Gasteiger partial charge in [-0.15, -0.1) is 0 Å². The van der Waals surface area contributed by atoms with E-state index in [9.17, 15) is 9.59 Å². The van der Waals surface area contributed by atoms with E-state index in [1.807, 2.05) is 19.9 Å². The maximum Gasteiger partial charge on any atom is 0.311 e. The lowest BCUT2D eigenvalue weighted by Crippen LogP contribution is -2.34. The maximum atomic E-state index is 11.8. The lowest BCUT2D eigenvalue weighted by Gasteiger charge is -2.11. The zero-order chi connectivity index (χ0) is 14.8. The van der Waals surface area contributed by atoms with Crippen molar-refractivity contribution < 1.29 is 14.7 Å². The molecular weight excluding hydrogens is 254 g/mol. The van der Waals surface area contributed by atoms with Gasteiger partial charge in [-0.3, -0.25) is 9.59 Å². The van der Waals surface area contributed by atoms with Gasteiger partial charge in [0.1, 0.15) is 0 Å². The van der Waals surface area contributed by atoms with Gasteiger partial charge >= 0.3 is 5.97 Å². The first-order chi connectivity index (χ1) is 9.43. The van der Waals surface area contributed by atoms with Crippen molar-refractivity contribution in [1.82, 2.24) is 5.32 Å². The van der Waals surface area contributed by atoms with Gasteiger partial charge < -0.3 is 10.4 Å². The molecule has 1 aromatic rings. The zero-order valence-corrected chi connectivity index (χ0v) is 12.0. The van der Waals surface area contributed by atoms with Gasteiger partial charge in [-0.05, 0) is 44.2 Å². The van der Waals surface area contributed by atoms with Crippen LogP contribution < -0.4 is 5.32 Å². The second kappa shape index (κ2) is 5.65. The van der Waals surface area contributed by atoms with Gasteiger partial charge in [0.2, 0.25) is 5.91 Å². The van der Waals surface area contributed by atoms with Crippen molar-refractivity contribution in [2.45, 2.75) is 39.5 Å². The number of nitrogens with one attached hydrogen (secondary N) is 1. The number of hydrogen-bond acceptors (Lipinski definition) is 2. The summed E-state index contributed by atoms with van der Waals surface area (Å²) in [5.74, 6) is -0.871. The van der Waals surface area contributed by atoms with Gasteiger partial charge in [-0.25, -0.2) is 0 Å². The molecule has 0 atom stereocenters. The van der Waals surface area contributed by atoms with E-state index >= 15 is 0 Å². The quantitative estimate of drug-likeness (QED) is 0.836. The molecule has 0 radical (unpaired) electrons. The highest BCUT2D eigenvalue weighted by Crippen LogP contribution is 2.45. The number of carbonyl (C=O) groups is 2. The molecule has 20 heavy (non-hydrogen) atoms. The van der Waals surface area contributed by atoms with Crippen molar-refractivity contribution in [3.05, 3.63) is 34.9 Å². The first kappa shape index (κ1) is 14.6. The molecule has 2 rings (SSSR count). The summed E-state index contributed by atoms with van der Waals surface area (Å²) in [7, 11) is 0. The summed E-state index contributed by atoms with van der Waals surface area (Å²) in [6, 6.07) is 6.21. The Balaban J connectivity index is 1.79. The molecule has 108 valence electrons. The average Bonchev–Trinajstić information content (AvgIpc) is 3.16. The van der Waals surface area contributed by atoms with Crippen molar-refractivity contribution in [1.29, 1.82) is 0 Å². The summed E-state index contributed by atoms with van der Waals surface area (Å²) in [5.41, 5.74) is 2.90. The minimum atomic E-state index is -0.799. The summed E-state index contributed by atoms with van der Waals surface area (Å²) in [6.07, 6.45) is 2.43. The molecule has 1 saturated carbocycles. The van der Waals surface area contributed by atoms with E-state index in [0.29, 0.717) is 25.7 Å². The van der Waals surface area contributed by atoms with Crippen LogP contribution in [0.1, 0.15) is 36.0 Å². The second-order valence-electron chi connectivity index (χ2n) is 5.79. The SMILES string of the molecule is Cc1ccc(CCC(=O)NCC2(C(=O)O)CC2)c(C)c1. The van der Waals surface area contributed by atoms with Crippen LogP contribution in [0, 0.1) is 19.3 Å². The largest absolute Gasteiger partial charge is 0.481 e. The first-order valence-corrected chi connectivity index (χ1v) is 6.99. The molecular formula is C16H21NO3. The number of amides is 1. The van der Waals surface area contributed by atoms with Gasteiger partial charge in [0.05, 0.1) is 5.41 Å². The van der Waals surface area contributed by atoms with E-state index < -0.39 is 11.4 Å². The van der Waals surface area contributed by atoms with Crippen LogP contribution in [0.2, 0.25) is 0 Å². The summed E-state index contributed by atoms with van der Waals surface area (Å²) in [6.45, 7) is 4.35. The minimum absolute atomic E-state index is 0.0718. The van der Waals surface area contributed by atoms with Crippen LogP contribution in [0.25, 0.3) is 0 Å². The fourth-order valence-corrected chi connectivity index (χ4v) is 2.35. The number of benzene rings is 1. The molecule has 2 N–H and O–H groups in total. The predicted molar refractivity (Wildman–Crippen MR) is 76.5 cm³/mol. The summed E-state index contributed by atoms with van der Waals surface area (Å²) in [4.78, 5) is 22.8. The van der Waals surface area contributed by atoms with Gasteiger partial charge in [-0.2, -0.15) is 0 Å². The van der Waals surface area contributed by atoms with Crippen LogP contribution in [-0.4, -0.2) is 23.5 Å². The highest BCUT2D eigenvalue weighted by atomic mass is 16.4.